The number of nitrogens with zero attached hydrogens (tertiary/aromatic N) is 1. The number of primary amides is 1. The van der Waals surface area contributed by atoms with Gasteiger partial charge >= 0.3 is 5.97 Å². The van der Waals surface area contributed by atoms with Crippen LogP contribution in [0, 0.1) is 13.8 Å². The van der Waals surface area contributed by atoms with Gasteiger partial charge in [0.15, 0.2) is 0 Å². The highest BCUT2D eigenvalue weighted by Gasteiger charge is 2.11. The van der Waals surface area contributed by atoms with E-state index in [1.807, 2.05) is 0 Å². The van der Waals surface area contributed by atoms with Gasteiger partial charge in [0.1, 0.15) is 17.2 Å². The van der Waals surface area contributed by atoms with E-state index in [9.17, 15) is 9.59 Å². The second-order valence-corrected chi connectivity index (χ2v) is 4.59. The molecule has 1 heterocycles. The van der Waals surface area contributed by atoms with E-state index in [4.69, 9.17) is 15.6 Å². The molecule has 1 amide bonds. The Morgan fingerprint density at radius 3 is 2.24 bits per heavy atom. The number of hydrogen-bond donors (Lipinski definition) is 2. The predicted octanol–water partition coefficient (Wildman–Crippen LogP) is 2.29. The highest BCUT2D eigenvalue weighted by atomic mass is 16.5. The zero-order chi connectivity index (χ0) is 15.6. The van der Waals surface area contributed by atoms with Crippen molar-refractivity contribution in [2.24, 2.45) is 5.73 Å². The third-order valence-electron chi connectivity index (χ3n) is 2.92. The van der Waals surface area contributed by atoms with Gasteiger partial charge in [0.2, 0.25) is 5.91 Å². The maximum absolute atomic E-state index is 11.2. The average molecular weight is 286 g/mol. The van der Waals surface area contributed by atoms with E-state index in [0.717, 1.165) is 11.1 Å². The largest absolute Gasteiger partial charge is 0.477 e. The molecule has 1 aromatic heterocycles. The summed E-state index contributed by atoms with van der Waals surface area (Å²) in [5, 5.41) is 8.79. The number of hydrogen-bond acceptors (Lipinski definition) is 4. The number of ether oxygens (including phenoxy) is 1. The van der Waals surface area contributed by atoms with Crippen LogP contribution in [0.3, 0.4) is 0 Å². The summed E-state index contributed by atoms with van der Waals surface area (Å²) in [4.78, 5) is 25.7. The van der Waals surface area contributed by atoms with Crippen LogP contribution in [0.5, 0.6) is 11.5 Å². The fraction of sp³-hybridized carbons (Fsp3) is 0.133. The Morgan fingerprint density at radius 1 is 1.19 bits per heavy atom. The lowest BCUT2D eigenvalue weighted by Crippen LogP contribution is -2.11. The van der Waals surface area contributed by atoms with E-state index in [-0.39, 0.29) is 5.69 Å². The molecule has 2 aromatic rings. The van der Waals surface area contributed by atoms with Gasteiger partial charge in [0.05, 0.1) is 6.20 Å². The first-order valence-electron chi connectivity index (χ1n) is 6.16. The Hall–Kier alpha value is -2.89. The van der Waals surface area contributed by atoms with Crippen molar-refractivity contribution < 1.29 is 19.4 Å². The Bertz CT molecular complexity index is 685. The number of nitrogens with two attached hydrogens (primary N) is 1. The highest BCUT2D eigenvalue weighted by molar-refractivity contribution is 5.93. The SMILES string of the molecule is Cc1cc(C(N)=O)cc(C)c1Oc1ccc(C(=O)O)nc1. The molecule has 0 atom stereocenters. The van der Waals surface area contributed by atoms with Gasteiger partial charge in [0, 0.05) is 5.56 Å². The monoisotopic (exact) mass is 286 g/mol. The van der Waals surface area contributed by atoms with Gasteiger partial charge in [0.25, 0.3) is 0 Å². The molecule has 108 valence electrons. The van der Waals surface area contributed by atoms with Crippen LogP contribution < -0.4 is 10.5 Å². The van der Waals surface area contributed by atoms with Crippen molar-refractivity contribution in [2.45, 2.75) is 13.8 Å². The van der Waals surface area contributed by atoms with Crippen molar-refractivity contribution in [3.8, 4) is 11.5 Å². The molecule has 0 aliphatic rings. The molecule has 0 unspecified atom stereocenters. The summed E-state index contributed by atoms with van der Waals surface area (Å²) in [7, 11) is 0. The summed E-state index contributed by atoms with van der Waals surface area (Å²) in [5.74, 6) is -0.595. The van der Waals surface area contributed by atoms with Gasteiger partial charge in [-0.2, -0.15) is 0 Å². The molecule has 0 saturated heterocycles. The minimum absolute atomic E-state index is 0.0557. The van der Waals surface area contributed by atoms with Crippen molar-refractivity contribution in [1.29, 1.82) is 0 Å². The molecule has 6 heteroatoms. The Kier molecular flexibility index (Phi) is 3.89. The lowest BCUT2D eigenvalue weighted by atomic mass is 10.1. The van der Waals surface area contributed by atoms with Gasteiger partial charge < -0.3 is 15.6 Å². The molecule has 0 aliphatic heterocycles. The van der Waals surface area contributed by atoms with E-state index in [1.54, 1.807) is 26.0 Å². The molecule has 0 bridgehead atoms. The Balaban J connectivity index is 2.31. The Labute approximate surface area is 121 Å². The van der Waals surface area contributed by atoms with Crippen LogP contribution in [0.25, 0.3) is 0 Å². The van der Waals surface area contributed by atoms with Crippen molar-refractivity contribution >= 4 is 11.9 Å². The first kappa shape index (κ1) is 14.5. The van der Waals surface area contributed by atoms with Gasteiger partial charge in [-0.1, -0.05) is 0 Å². The van der Waals surface area contributed by atoms with E-state index in [0.29, 0.717) is 17.1 Å². The van der Waals surface area contributed by atoms with Crippen molar-refractivity contribution in [2.75, 3.05) is 0 Å². The third kappa shape index (κ3) is 3.17. The third-order valence-corrected chi connectivity index (χ3v) is 2.92. The van der Waals surface area contributed by atoms with Gasteiger partial charge in [-0.3, -0.25) is 4.79 Å². The van der Waals surface area contributed by atoms with Gasteiger partial charge in [-0.15, -0.1) is 0 Å². The molecule has 0 aliphatic carbocycles. The predicted molar refractivity (Wildman–Crippen MR) is 75.7 cm³/mol. The smallest absolute Gasteiger partial charge is 0.354 e. The molecule has 6 nitrogen and oxygen atoms in total. The summed E-state index contributed by atoms with van der Waals surface area (Å²) in [5.41, 5.74) is 7.12. The van der Waals surface area contributed by atoms with Crippen LogP contribution in [0.2, 0.25) is 0 Å². The number of amides is 1. The van der Waals surface area contributed by atoms with Crippen LogP contribution in [-0.4, -0.2) is 22.0 Å². The molecule has 1 aromatic carbocycles. The highest BCUT2D eigenvalue weighted by Crippen LogP contribution is 2.29. The number of carbonyl (C=O) groups is 2. The molecule has 21 heavy (non-hydrogen) atoms. The minimum atomic E-state index is -1.10. The number of carboxylic acid groups (broad SMARTS) is 1. The van der Waals surface area contributed by atoms with Crippen molar-refractivity contribution in [3.05, 3.63) is 52.8 Å². The maximum Gasteiger partial charge on any atom is 0.354 e. The summed E-state index contributed by atoms with van der Waals surface area (Å²) in [6, 6.07) is 6.17. The summed E-state index contributed by atoms with van der Waals surface area (Å²) >= 11 is 0. The van der Waals surface area contributed by atoms with Crippen molar-refractivity contribution in [3.63, 3.8) is 0 Å². The van der Waals surface area contributed by atoms with Crippen molar-refractivity contribution in [1.82, 2.24) is 4.98 Å². The first-order chi connectivity index (χ1) is 9.88. The fourth-order valence-corrected chi connectivity index (χ4v) is 1.94. The zero-order valence-corrected chi connectivity index (χ0v) is 11.6. The van der Waals surface area contributed by atoms with Crippen LogP contribution in [0.4, 0.5) is 0 Å². The summed E-state index contributed by atoms with van der Waals surface area (Å²) in [6.45, 7) is 3.60. The van der Waals surface area contributed by atoms with Crippen LogP contribution >= 0.6 is 0 Å². The second kappa shape index (κ2) is 5.62. The van der Waals surface area contributed by atoms with E-state index in [2.05, 4.69) is 4.98 Å². The molecule has 0 saturated carbocycles. The topological polar surface area (TPSA) is 103 Å². The van der Waals surface area contributed by atoms with Crippen LogP contribution in [-0.2, 0) is 0 Å². The molecule has 3 N–H and O–H groups in total. The molecule has 0 radical (unpaired) electrons. The number of aromatic nitrogens is 1. The standard InChI is InChI=1S/C15H14N2O4/c1-8-5-10(14(16)18)6-9(2)13(8)21-11-3-4-12(15(19)20)17-7-11/h3-7H,1-2H3,(H2,16,18)(H,19,20). The number of rotatable bonds is 4. The minimum Gasteiger partial charge on any atom is -0.477 e. The Morgan fingerprint density at radius 2 is 1.81 bits per heavy atom. The number of benzene rings is 1. The first-order valence-corrected chi connectivity index (χ1v) is 6.16. The average Bonchev–Trinajstić information content (AvgIpc) is 2.43. The maximum atomic E-state index is 11.2. The number of pyridine rings is 1. The number of carbonyl (C=O) groups excluding carboxylic acids is 1. The molecular formula is C15H14N2O4. The van der Waals surface area contributed by atoms with E-state index >= 15 is 0 Å². The second-order valence-electron chi connectivity index (χ2n) is 4.59. The molecule has 0 fully saturated rings. The van der Waals surface area contributed by atoms with Crippen LogP contribution in [0.15, 0.2) is 30.5 Å². The quantitative estimate of drug-likeness (QED) is 0.897. The number of aryl methyl sites for hydroxylation is 2. The molecule has 2 rings (SSSR count). The lowest BCUT2D eigenvalue weighted by Gasteiger charge is -2.12. The fourth-order valence-electron chi connectivity index (χ4n) is 1.94. The van der Waals surface area contributed by atoms with E-state index in [1.165, 1.54) is 18.3 Å². The zero-order valence-electron chi connectivity index (χ0n) is 11.6. The normalized spacial score (nSPS) is 10.2. The summed E-state index contributed by atoms with van der Waals surface area (Å²) in [6.07, 6.45) is 1.34. The van der Waals surface area contributed by atoms with Crippen LogP contribution in [0.1, 0.15) is 32.0 Å². The lowest BCUT2D eigenvalue weighted by molar-refractivity contribution is 0.0690. The van der Waals surface area contributed by atoms with E-state index < -0.39 is 11.9 Å². The van der Waals surface area contributed by atoms with Gasteiger partial charge in [-0.25, -0.2) is 9.78 Å². The number of carboxylic acids is 1. The number of aromatic carboxylic acids is 1. The molecular weight excluding hydrogens is 272 g/mol. The summed E-state index contributed by atoms with van der Waals surface area (Å²) < 4.78 is 5.70. The van der Waals surface area contributed by atoms with Gasteiger partial charge in [-0.05, 0) is 49.2 Å². The molecule has 0 spiro atoms.